The van der Waals surface area contributed by atoms with Crippen LogP contribution in [0.4, 0.5) is 0 Å². The lowest BCUT2D eigenvalue weighted by Crippen LogP contribution is -2.09. The van der Waals surface area contributed by atoms with Gasteiger partial charge in [-0.3, -0.25) is 0 Å². The summed E-state index contributed by atoms with van der Waals surface area (Å²) in [5.74, 6) is 0.930. The van der Waals surface area contributed by atoms with Gasteiger partial charge in [-0.05, 0) is 69.2 Å². The fourth-order valence-electron chi connectivity index (χ4n) is 3.91. The number of hydrogen-bond donors (Lipinski definition) is 1. The Morgan fingerprint density at radius 3 is 2.80 bits per heavy atom. The van der Waals surface area contributed by atoms with Crippen LogP contribution >= 0.6 is 0 Å². The first-order valence-corrected chi connectivity index (χ1v) is 9.28. The molecule has 1 N–H and O–H groups in total. The molecule has 1 aromatic heterocycles. The van der Waals surface area contributed by atoms with Crippen LogP contribution in [0.25, 0.3) is 10.9 Å². The molecule has 0 amide bonds. The van der Waals surface area contributed by atoms with Gasteiger partial charge in [0.15, 0.2) is 0 Å². The fraction of sp³-hybridized carbons (Fsp3) is 0.455. The van der Waals surface area contributed by atoms with Crippen LogP contribution in [0.2, 0.25) is 0 Å². The number of aliphatic hydroxyl groups excluding tert-OH is 1. The van der Waals surface area contributed by atoms with E-state index in [2.05, 4.69) is 41.9 Å². The number of nitrogens with zero attached hydrogens (tertiary/aromatic N) is 1. The van der Waals surface area contributed by atoms with Gasteiger partial charge < -0.3 is 14.4 Å². The third kappa shape index (κ3) is 3.52. The third-order valence-corrected chi connectivity index (χ3v) is 5.18. The third-order valence-electron chi connectivity index (χ3n) is 5.18. The van der Waals surface area contributed by atoms with Crippen molar-refractivity contribution in [2.75, 3.05) is 7.11 Å². The standard InChI is InChI=1S/C22H29NO2/c1-4-5-6-9-16(2)14-23-18(15-24)13-20-21(25-3)12-17-10-7-8-11-19(17)22(20)23/h4-5,9,12-13,24H,6-8,10-11,14-15H2,1-3H3/b5-4-,16-9+. The van der Waals surface area contributed by atoms with E-state index >= 15 is 0 Å². The molecule has 0 bridgehead atoms. The number of allylic oxidation sites excluding steroid dienone is 4. The minimum atomic E-state index is 0.0503. The zero-order valence-corrected chi connectivity index (χ0v) is 15.6. The van der Waals surface area contributed by atoms with Crippen molar-refractivity contribution < 1.29 is 9.84 Å². The van der Waals surface area contributed by atoms with Gasteiger partial charge in [0.1, 0.15) is 5.75 Å². The van der Waals surface area contributed by atoms with E-state index in [1.807, 2.05) is 6.92 Å². The Labute approximate surface area is 150 Å². The largest absolute Gasteiger partial charge is 0.496 e. The molecule has 3 heteroatoms. The van der Waals surface area contributed by atoms with Crippen LogP contribution in [0.1, 0.15) is 49.9 Å². The molecule has 1 aliphatic rings. The molecule has 0 saturated heterocycles. The summed E-state index contributed by atoms with van der Waals surface area (Å²) in [6.07, 6.45) is 12.2. The molecule has 0 atom stereocenters. The van der Waals surface area contributed by atoms with Gasteiger partial charge in [0.05, 0.1) is 19.2 Å². The molecule has 3 rings (SSSR count). The van der Waals surface area contributed by atoms with Gasteiger partial charge in [-0.15, -0.1) is 0 Å². The summed E-state index contributed by atoms with van der Waals surface area (Å²) in [6.45, 7) is 5.08. The molecule has 25 heavy (non-hydrogen) atoms. The maximum absolute atomic E-state index is 9.92. The highest BCUT2D eigenvalue weighted by Crippen LogP contribution is 2.38. The van der Waals surface area contributed by atoms with Crippen LogP contribution in [-0.4, -0.2) is 16.8 Å². The van der Waals surface area contributed by atoms with Gasteiger partial charge in [0.25, 0.3) is 0 Å². The van der Waals surface area contributed by atoms with Gasteiger partial charge in [-0.1, -0.05) is 23.8 Å². The summed E-state index contributed by atoms with van der Waals surface area (Å²) in [6, 6.07) is 4.30. The van der Waals surface area contributed by atoms with Gasteiger partial charge in [-0.25, -0.2) is 0 Å². The van der Waals surface area contributed by atoms with Crippen LogP contribution in [0.3, 0.4) is 0 Å². The van der Waals surface area contributed by atoms with Gasteiger partial charge in [0.2, 0.25) is 0 Å². The molecular weight excluding hydrogens is 310 g/mol. The first-order chi connectivity index (χ1) is 12.2. The Morgan fingerprint density at radius 2 is 2.08 bits per heavy atom. The highest BCUT2D eigenvalue weighted by atomic mass is 16.5. The normalized spacial score (nSPS) is 15.1. The number of hydrogen-bond acceptors (Lipinski definition) is 2. The van der Waals surface area contributed by atoms with Crippen molar-refractivity contribution in [3.8, 4) is 5.75 Å². The van der Waals surface area contributed by atoms with Crippen LogP contribution in [0.15, 0.2) is 35.9 Å². The Morgan fingerprint density at radius 1 is 1.28 bits per heavy atom. The SMILES string of the molecule is C/C=C\C/C=C(\C)Cn1c(CO)cc2c(OC)cc3c(c21)CCCC3. The highest BCUT2D eigenvalue weighted by Gasteiger charge is 2.21. The molecule has 0 unspecified atom stereocenters. The molecule has 2 aromatic rings. The lowest BCUT2D eigenvalue weighted by atomic mass is 9.89. The molecule has 0 saturated carbocycles. The molecule has 0 fully saturated rings. The molecule has 1 heterocycles. The summed E-state index contributed by atoms with van der Waals surface area (Å²) < 4.78 is 7.97. The highest BCUT2D eigenvalue weighted by molar-refractivity contribution is 5.91. The van der Waals surface area contributed by atoms with Crippen LogP contribution in [0, 0.1) is 0 Å². The Bertz CT molecular complexity index is 811. The number of methoxy groups -OCH3 is 1. The summed E-state index contributed by atoms with van der Waals surface area (Å²) in [7, 11) is 1.74. The minimum absolute atomic E-state index is 0.0503. The Kier molecular flexibility index (Phi) is 5.64. The van der Waals surface area contributed by atoms with E-state index in [4.69, 9.17) is 4.74 Å². The molecular formula is C22H29NO2. The number of rotatable bonds is 6. The van der Waals surface area contributed by atoms with Crippen LogP contribution in [-0.2, 0) is 26.0 Å². The number of aliphatic hydroxyl groups is 1. The molecule has 0 spiro atoms. The number of aryl methyl sites for hydroxylation is 2. The number of benzene rings is 1. The summed E-state index contributed by atoms with van der Waals surface area (Å²) in [4.78, 5) is 0. The molecule has 134 valence electrons. The molecule has 0 radical (unpaired) electrons. The summed E-state index contributed by atoms with van der Waals surface area (Å²) in [5.41, 5.74) is 6.40. The molecule has 1 aromatic carbocycles. The number of fused-ring (bicyclic) bond motifs is 3. The summed E-state index contributed by atoms with van der Waals surface area (Å²) >= 11 is 0. The quantitative estimate of drug-likeness (QED) is 0.757. The van der Waals surface area contributed by atoms with E-state index in [1.54, 1.807) is 7.11 Å². The molecule has 1 aliphatic carbocycles. The van der Waals surface area contributed by atoms with E-state index in [0.717, 1.165) is 42.6 Å². The van der Waals surface area contributed by atoms with E-state index < -0.39 is 0 Å². The average Bonchev–Trinajstić information content (AvgIpc) is 3.00. The maximum Gasteiger partial charge on any atom is 0.128 e. The monoisotopic (exact) mass is 339 g/mol. The van der Waals surface area contributed by atoms with Crippen molar-refractivity contribution in [3.05, 3.63) is 52.8 Å². The second kappa shape index (κ2) is 7.92. The van der Waals surface area contributed by atoms with Crippen molar-refractivity contribution in [1.29, 1.82) is 0 Å². The number of aromatic nitrogens is 1. The Hall–Kier alpha value is -2.00. The second-order valence-electron chi connectivity index (χ2n) is 6.92. The van der Waals surface area contributed by atoms with E-state index in [1.165, 1.54) is 35.1 Å². The second-order valence-corrected chi connectivity index (χ2v) is 6.92. The van der Waals surface area contributed by atoms with Crippen molar-refractivity contribution in [3.63, 3.8) is 0 Å². The van der Waals surface area contributed by atoms with Crippen molar-refractivity contribution in [1.82, 2.24) is 4.57 Å². The minimum Gasteiger partial charge on any atom is -0.496 e. The zero-order valence-electron chi connectivity index (χ0n) is 15.6. The lowest BCUT2D eigenvalue weighted by molar-refractivity contribution is 0.272. The first-order valence-electron chi connectivity index (χ1n) is 9.28. The maximum atomic E-state index is 9.92. The molecule has 3 nitrogen and oxygen atoms in total. The average molecular weight is 339 g/mol. The zero-order chi connectivity index (χ0) is 17.8. The number of ether oxygens (including phenoxy) is 1. The smallest absolute Gasteiger partial charge is 0.128 e. The predicted octanol–water partition coefficient (Wildman–Crippen LogP) is 4.93. The van der Waals surface area contributed by atoms with E-state index in [9.17, 15) is 5.11 Å². The van der Waals surface area contributed by atoms with Crippen molar-refractivity contribution in [2.45, 2.75) is 59.1 Å². The van der Waals surface area contributed by atoms with Gasteiger partial charge in [-0.2, -0.15) is 0 Å². The molecule has 0 aliphatic heterocycles. The fourth-order valence-corrected chi connectivity index (χ4v) is 3.91. The van der Waals surface area contributed by atoms with Crippen LogP contribution < -0.4 is 4.74 Å². The topological polar surface area (TPSA) is 34.4 Å². The predicted molar refractivity (Wildman–Crippen MR) is 104 cm³/mol. The van der Waals surface area contributed by atoms with E-state index in [0.29, 0.717) is 0 Å². The Balaban J connectivity index is 2.14. The first kappa shape index (κ1) is 17.8. The van der Waals surface area contributed by atoms with Crippen molar-refractivity contribution in [2.24, 2.45) is 0 Å². The van der Waals surface area contributed by atoms with Gasteiger partial charge in [0, 0.05) is 17.6 Å². The summed E-state index contributed by atoms with van der Waals surface area (Å²) in [5, 5.41) is 11.1. The van der Waals surface area contributed by atoms with Crippen molar-refractivity contribution >= 4 is 10.9 Å². The lowest BCUT2D eigenvalue weighted by Gasteiger charge is -2.21. The van der Waals surface area contributed by atoms with Crippen LogP contribution in [0.5, 0.6) is 5.75 Å². The van der Waals surface area contributed by atoms with Gasteiger partial charge >= 0.3 is 0 Å². The van der Waals surface area contributed by atoms with E-state index in [-0.39, 0.29) is 6.61 Å².